The van der Waals surface area contributed by atoms with Crippen LogP contribution in [0.2, 0.25) is 0 Å². The molecule has 0 aromatic carbocycles. The van der Waals surface area contributed by atoms with Gasteiger partial charge in [-0.2, -0.15) is 0 Å². The Bertz CT molecular complexity index is 329. The number of rotatable bonds is 0. The Labute approximate surface area is 121 Å². The average Bonchev–Trinajstić information content (AvgIpc) is 2.40. The molecule has 124 valence electrons. The van der Waals surface area contributed by atoms with Gasteiger partial charge in [0.1, 0.15) is 0 Å². The molecule has 0 amide bonds. The molecule has 0 radical (unpaired) electrons. The number of hydrogen-bond donors (Lipinski definition) is 0. The summed E-state index contributed by atoms with van der Waals surface area (Å²) >= 11 is 0. The lowest BCUT2D eigenvalue weighted by Gasteiger charge is -1.94. The second-order valence-electron chi connectivity index (χ2n) is 3.14. The van der Waals surface area contributed by atoms with E-state index in [1.165, 1.54) is 0 Å². The minimum absolute atomic E-state index is 1.88. The van der Waals surface area contributed by atoms with Crippen molar-refractivity contribution in [3.8, 4) is 0 Å². The van der Waals surface area contributed by atoms with Gasteiger partial charge in [0.2, 0.25) is 0 Å². The molecule has 22 heavy (non-hydrogen) atoms. The molecular formula is C10H12B2F8N2. The molecule has 2 heterocycles. The molecule has 0 bridgehead atoms. The van der Waals surface area contributed by atoms with Crippen LogP contribution in [0.4, 0.5) is 34.5 Å². The van der Waals surface area contributed by atoms with Gasteiger partial charge in [0.25, 0.3) is 0 Å². The standard InChI is InChI=1S/2C5H5N.2BF4/c2*1-2-4-6-5-3-1;2*2-1(3,4)5/h2*1-5H;;/q;;2*-1/p+2. The van der Waals surface area contributed by atoms with Crippen molar-refractivity contribution in [3.05, 3.63) is 61.2 Å². The quantitative estimate of drug-likeness (QED) is 0.520. The van der Waals surface area contributed by atoms with Crippen molar-refractivity contribution < 1.29 is 44.5 Å². The van der Waals surface area contributed by atoms with Crippen molar-refractivity contribution in [1.82, 2.24) is 0 Å². The van der Waals surface area contributed by atoms with Crippen LogP contribution in [0.3, 0.4) is 0 Å². The van der Waals surface area contributed by atoms with Crippen LogP contribution >= 0.6 is 0 Å². The van der Waals surface area contributed by atoms with E-state index in [0.717, 1.165) is 0 Å². The van der Waals surface area contributed by atoms with E-state index in [-0.39, 0.29) is 0 Å². The highest BCUT2D eigenvalue weighted by molar-refractivity contribution is 6.50. The van der Waals surface area contributed by atoms with E-state index in [4.69, 9.17) is 0 Å². The first-order valence-corrected chi connectivity index (χ1v) is 5.57. The van der Waals surface area contributed by atoms with Crippen LogP contribution in [0.25, 0.3) is 0 Å². The molecule has 2 rings (SSSR count). The number of hydrogen-bond acceptors (Lipinski definition) is 0. The lowest BCUT2D eigenvalue weighted by atomic mass is 10.3. The SMILES string of the molecule is F[B-](F)(F)F.F[B-](F)(F)F.c1cc[nH+]cc1.c1cc[nH+]cc1. The molecule has 0 fully saturated rings. The van der Waals surface area contributed by atoms with E-state index >= 15 is 0 Å². The summed E-state index contributed by atoms with van der Waals surface area (Å²) in [6.07, 6.45) is 7.50. The molecular weight excluding hydrogens is 322 g/mol. The Morgan fingerprint density at radius 2 is 0.591 bits per heavy atom. The normalized spacial score (nSPS) is 9.82. The zero-order valence-corrected chi connectivity index (χ0v) is 11.0. The summed E-state index contributed by atoms with van der Waals surface area (Å²) < 4.78 is 78.0. The summed E-state index contributed by atoms with van der Waals surface area (Å²) in [5.41, 5.74) is 0. The lowest BCUT2D eigenvalue weighted by molar-refractivity contribution is -0.378. The van der Waals surface area contributed by atoms with Crippen molar-refractivity contribution in [3.63, 3.8) is 0 Å². The van der Waals surface area contributed by atoms with Gasteiger partial charge in [-0.1, -0.05) is 12.1 Å². The van der Waals surface area contributed by atoms with Crippen LogP contribution in [-0.4, -0.2) is 14.5 Å². The van der Waals surface area contributed by atoms with Crippen molar-refractivity contribution in [2.75, 3.05) is 0 Å². The lowest BCUT2D eigenvalue weighted by Crippen LogP contribution is -2.02. The Morgan fingerprint density at radius 3 is 0.636 bits per heavy atom. The van der Waals surface area contributed by atoms with Crippen molar-refractivity contribution >= 4 is 14.5 Å². The fourth-order valence-electron chi connectivity index (χ4n) is 0.684. The van der Waals surface area contributed by atoms with Crippen LogP contribution in [0.1, 0.15) is 0 Å². The summed E-state index contributed by atoms with van der Waals surface area (Å²) in [4.78, 5) is 5.78. The minimum atomic E-state index is -6.00. The van der Waals surface area contributed by atoms with Gasteiger partial charge < -0.3 is 34.5 Å². The zero-order valence-electron chi connectivity index (χ0n) is 11.0. The third kappa shape index (κ3) is 52.2. The molecule has 2 nitrogen and oxygen atoms in total. The van der Waals surface area contributed by atoms with E-state index in [0.29, 0.717) is 0 Å². The van der Waals surface area contributed by atoms with Crippen LogP contribution < -0.4 is 9.97 Å². The summed E-state index contributed by atoms with van der Waals surface area (Å²) in [6, 6.07) is 11.7. The summed E-state index contributed by atoms with van der Waals surface area (Å²) in [7, 11) is -12.0. The van der Waals surface area contributed by atoms with Crippen LogP contribution in [0.5, 0.6) is 0 Å². The highest BCUT2D eigenvalue weighted by Gasteiger charge is 2.21. The van der Waals surface area contributed by atoms with Crippen molar-refractivity contribution in [2.45, 2.75) is 0 Å². The summed E-state index contributed by atoms with van der Waals surface area (Å²) in [6.45, 7) is 0. The minimum Gasteiger partial charge on any atom is -0.418 e. The van der Waals surface area contributed by atoms with Gasteiger partial charge in [-0.25, -0.2) is 9.97 Å². The number of aromatic amines is 2. The molecule has 0 aliphatic heterocycles. The molecule has 2 aromatic heterocycles. The first-order chi connectivity index (χ1) is 10.0. The van der Waals surface area contributed by atoms with E-state index in [1.807, 2.05) is 61.2 Å². The Kier molecular flexibility index (Phi) is 12.7. The van der Waals surface area contributed by atoms with Gasteiger partial charge in [0.15, 0.2) is 24.8 Å². The molecule has 2 aromatic rings. The molecule has 0 unspecified atom stereocenters. The number of aromatic nitrogens is 2. The molecule has 0 atom stereocenters. The van der Waals surface area contributed by atoms with E-state index in [9.17, 15) is 34.5 Å². The van der Waals surface area contributed by atoms with E-state index in [1.54, 1.807) is 0 Å². The fourth-order valence-corrected chi connectivity index (χ4v) is 0.684. The van der Waals surface area contributed by atoms with Crippen LogP contribution in [-0.2, 0) is 0 Å². The maximum absolute atomic E-state index is 9.75. The monoisotopic (exact) mass is 334 g/mol. The number of nitrogens with one attached hydrogen (secondary N) is 2. The van der Waals surface area contributed by atoms with Crippen LogP contribution in [0.15, 0.2) is 61.2 Å². The zero-order chi connectivity index (χ0) is 17.5. The van der Waals surface area contributed by atoms with E-state index < -0.39 is 14.5 Å². The number of H-pyrrole nitrogens is 2. The second-order valence-corrected chi connectivity index (χ2v) is 3.14. The predicted molar refractivity (Wildman–Crippen MR) is 66.4 cm³/mol. The number of halogens is 8. The number of pyridine rings is 2. The predicted octanol–water partition coefficient (Wildman–Crippen LogP) is 3.60. The van der Waals surface area contributed by atoms with Gasteiger partial charge in [0.05, 0.1) is 0 Å². The van der Waals surface area contributed by atoms with Gasteiger partial charge in [-0.05, 0) is 0 Å². The van der Waals surface area contributed by atoms with Gasteiger partial charge >= 0.3 is 14.5 Å². The first kappa shape index (κ1) is 22.2. The molecule has 0 aliphatic carbocycles. The Hall–Kier alpha value is -2.13. The maximum atomic E-state index is 9.75. The summed E-state index contributed by atoms with van der Waals surface area (Å²) in [5.74, 6) is 0. The van der Waals surface area contributed by atoms with Gasteiger partial charge in [-0.15, -0.1) is 0 Å². The molecule has 0 saturated carbocycles. The molecule has 0 saturated heterocycles. The average molecular weight is 334 g/mol. The summed E-state index contributed by atoms with van der Waals surface area (Å²) in [5, 5.41) is 0. The Morgan fingerprint density at radius 1 is 0.409 bits per heavy atom. The molecule has 0 spiro atoms. The highest BCUT2D eigenvalue weighted by Crippen LogP contribution is 2.07. The molecule has 0 aliphatic rings. The largest absolute Gasteiger partial charge is 0.673 e. The topological polar surface area (TPSA) is 28.3 Å². The van der Waals surface area contributed by atoms with Crippen LogP contribution in [0, 0.1) is 0 Å². The third-order valence-electron chi connectivity index (χ3n) is 1.21. The first-order valence-electron chi connectivity index (χ1n) is 5.57. The van der Waals surface area contributed by atoms with Gasteiger partial charge in [0, 0.05) is 24.3 Å². The van der Waals surface area contributed by atoms with Gasteiger partial charge in [-0.3, -0.25) is 0 Å². The van der Waals surface area contributed by atoms with Crippen molar-refractivity contribution in [1.29, 1.82) is 0 Å². The van der Waals surface area contributed by atoms with E-state index in [2.05, 4.69) is 9.97 Å². The molecule has 2 N–H and O–H groups in total. The third-order valence-corrected chi connectivity index (χ3v) is 1.21. The molecule has 12 heteroatoms. The fraction of sp³-hybridized carbons (Fsp3) is 0. The second kappa shape index (κ2) is 12.6. The van der Waals surface area contributed by atoms with Crippen molar-refractivity contribution in [2.24, 2.45) is 0 Å². The maximum Gasteiger partial charge on any atom is 0.673 e. The highest BCUT2D eigenvalue weighted by atomic mass is 19.5. The smallest absolute Gasteiger partial charge is 0.418 e. The Balaban J connectivity index is 0.